The van der Waals surface area contributed by atoms with Gasteiger partial charge in [-0.3, -0.25) is 0 Å². The zero-order valence-corrected chi connectivity index (χ0v) is 6.90. The highest BCUT2D eigenvalue weighted by Gasteiger charge is 2.24. The lowest BCUT2D eigenvalue weighted by atomic mass is 10.1. The summed E-state index contributed by atoms with van der Waals surface area (Å²) < 4.78 is 0. The van der Waals surface area contributed by atoms with Crippen LogP contribution in [0.5, 0.6) is 0 Å². The van der Waals surface area contributed by atoms with Crippen LogP contribution in [0.2, 0.25) is 0 Å². The Morgan fingerprint density at radius 3 is 2.25 bits per heavy atom. The van der Waals surface area contributed by atoms with Gasteiger partial charge < -0.3 is 5.32 Å². The largest absolute Gasteiger partial charge is 0.302 e. The highest BCUT2D eigenvalue weighted by Crippen LogP contribution is 2.22. The molecule has 1 fully saturated rings. The van der Waals surface area contributed by atoms with Crippen molar-refractivity contribution in [2.75, 3.05) is 0 Å². The average Bonchev–Trinajstić information content (AvgIpc) is 1.85. The van der Waals surface area contributed by atoms with Gasteiger partial charge in [-0.25, -0.2) is 0 Å². The molecule has 0 aliphatic carbocycles. The molecule has 1 heterocycles. The van der Waals surface area contributed by atoms with Crippen molar-refractivity contribution in [2.24, 2.45) is 5.92 Å². The molecule has 0 aromatic rings. The van der Waals surface area contributed by atoms with Gasteiger partial charge in [-0.2, -0.15) is 0 Å². The second-order valence-corrected chi connectivity index (χ2v) is 3.74. The monoisotopic (exact) mass is 177 g/mol. The molecule has 1 aliphatic rings. The summed E-state index contributed by atoms with van der Waals surface area (Å²) in [5.41, 5.74) is 0. The van der Waals surface area contributed by atoms with E-state index in [4.69, 9.17) is 0 Å². The first-order chi connectivity index (χ1) is 3.70. The van der Waals surface area contributed by atoms with Crippen molar-refractivity contribution in [3.8, 4) is 0 Å². The molecule has 0 radical (unpaired) electrons. The Kier molecular flexibility index (Phi) is 1.93. The zero-order valence-electron chi connectivity index (χ0n) is 5.32. The van der Waals surface area contributed by atoms with E-state index in [1.54, 1.807) is 0 Å². The second-order valence-electron chi connectivity index (χ2n) is 2.64. The molecule has 0 amide bonds. The van der Waals surface area contributed by atoms with Crippen LogP contribution in [-0.2, 0) is 0 Å². The Morgan fingerprint density at radius 2 is 2.12 bits per heavy atom. The van der Waals surface area contributed by atoms with Crippen LogP contribution in [0.1, 0.15) is 20.3 Å². The number of hydrogen-bond acceptors (Lipinski definition) is 1. The van der Waals surface area contributed by atoms with Gasteiger partial charge in [0, 0.05) is 6.04 Å². The second kappa shape index (κ2) is 2.36. The summed E-state index contributed by atoms with van der Waals surface area (Å²) in [5, 5.41) is 3.38. The highest BCUT2D eigenvalue weighted by molar-refractivity contribution is 9.09. The van der Waals surface area contributed by atoms with Gasteiger partial charge >= 0.3 is 0 Å². The van der Waals surface area contributed by atoms with E-state index >= 15 is 0 Å². The van der Waals surface area contributed by atoms with Gasteiger partial charge in [0.25, 0.3) is 0 Å². The number of halogens is 1. The number of hydrogen-bond donors (Lipinski definition) is 1. The molecule has 1 rings (SSSR count). The first kappa shape index (κ1) is 6.56. The molecule has 1 aliphatic heterocycles. The van der Waals surface area contributed by atoms with Crippen LogP contribution in [0, 0.1) is 5.92 Å². The fourth-order valence-corrected chi connectivity index (χ4v) is 2.05. The lowest BCUT2D eigenvalue weighted by Gasteiger charge is -2.05. The Bertz CT molecular complexity index is 74.6. The molecule has 0 aromatic heterocycles. The Labute approximate surface area is 59.0 Å². The van der Waals surface area contributed by atoms with Crippen molar-refractivity contribution < 1.29 is 0 Å². The average molecular weight is 178 g/mol. The minimum atomic E-state index is 0.562. The van der Waals surface area contributed by atoms with Crippen molar-refractivity contribution in [2.45, 2.75) is 31.3 Å². The van der Waals surface area contributed by atoms with Crippen LogP contribution in [0.25, 0.3) is 0 Å². The van der Waals surface area contributed by atoms with Crippen molar-refractivity contribution in [1.82, 2.24) is 5.32 Å². The van der Waals surface area contributed by atoms with E-state index in [-0.39, 0.29) is 0 Å². The molecule has 0 spiro atoms. The van der Waals surface area contributed by atoms with E-state index in [1.165, 1.54) is 6.42 Å². The van der Waals surface area contributed by atoms with E-state index in [1.807, 2.05) is 0 Å². The number of nitrogens with one attached hydrogen (secondary N) is 1. The van der Waals surface area contributed by atoms with Crippen molar-refractivity contribution >= 4 is 15.9 Å². The standard InChI is InChI=1S/C6H12BrN/c1-4-3-6(7)8-5(4)2/h4-6,8H,3H2,1-2H3. The number of rotatable bonds is 0. The van der Waals surface area contributed by atoms with Gasteiger partial charge in [-0.15, -0.1) is 0 Å². The molecule has 3 unspecified atom stereocenters. The maximum atomic E-state index is 3.51. The normalized spacial score (nSPS) is 47.6. The van der Waals surface area contributed by atoms with Crippen LogP contribution < -0.4 is 5.32 Å². The topological polar surface area (TPSA) is 12.0 Å². The predicted octanol–water partition coefficient (Wildman–Crippen LogP) is 1.73. The molecule has 1 saturated heterocycles. The maximum absolute atomic E-state index is 3.51. The van der Waals surface area contributed by atoms with Crippen molar-refractivity contribution in [3.05, 3.63) is 0 Å². The lowest BCUT2D eigenvalue weighted by Crippen LogP contribution is -2.24. The fourth-order valence-electron chi connectivity index (χ4n) is 1.05. The predicted molar refractivity (Wildman–Crippen MR) is 39.1 cm³/mol. The molecule has 0 aromatic carbocycles. The van der Waals surface area contributed by atoms with Gasteiger partial charge in [-0.05, 0) is 19.3 Å². The molecule has 2 heteroatoms. The molecule has 8 heavy (non-hydrogen) atoms. The molecule has 0 saturated carbocycles. The molecule has 1 N–H and O–H groups in total. The summed E-state index contributed by atoms with van der Waals surface area (Å²) in [4.78, 5) is 0.562. The van der Waals surface area contributed by atoms with E-state index in [2.05, 4.69) is 35.1 Å². The van der Waals surface area contributed by atoms with Crippen molar-refractivity contribution in [3.63, 3.8) is 0 Å². The Hall–Kier alpha value is 0.440. The molecular formula is C6H12BrN. The summed E-state index contributed by atoms with van der Waals surface area (Å²) in [6, 6.07) is 0.694. The minimum Gasteiger partial charge on any atom is -0.302 e. The van der Waals surface area contributed by atoms with Gasteiger partial charge in [0.15, 0.2) is 0 Å². The van der Waals surface area contributed by atoms with Crippen molar-refractivity contribution in [1.29, 1.82) is 0 Å². The maximum Gasteiger partial charge on any atom is 0.0635 e. The first-order valence-corrected chi connectivity index (χ1v) is 4.02. The molecule has 3 atom stereocenters. The van der Waals surface area contributed by atoms with Gasteiger partial charge in [0.2, 0.25) is 0 Å². The third-order valence-electron chi connectivity index (χ3n) is 1.88. The fraction of sp³-hybridized carbons (Fsp3) is 1.00. The smallest absolute Gasteiger partial charge is 0.0635 e. The summed E-state index contributed by atoms with van der Waals surface area (Å²) in [7, 11) is 0. The van der Waals surface area contributed by atoms with E-state index in [0.717, 1.165) is 5.92 Å². The Morgan fingerprint density at radius 1 is 1.50 bits per heavy atom. The minimum absolute atomic E-state index is 0.562. The molecular weight excluding hydrogens is 166 g/mol. The highest BCUT2D eigenvalue weighted by atomic mass is 79.9. The van der Waals surface area contributed by atoms with Crippen LogP contribution >= 0.6 is 15.9 Å². The van der Waals surface area contributed by atoms with Gasteiger partial charge in [-0.1, -0.05) is 22.9 Å². The summed E-state index contributed by atoms with van der Waals surface area (Å²) >= 11 is 3.51. The quantitative estimate of drug-likeness (QED) is 0.440. The van der Waals surface area contributed by atoms with E-state index in [0.29, 0.717) is 11.0 Å². The first-order valence-electron chi connectivity index (χ1n) is 3.10. The molecule has 48 valence electrons. The lowest BCUT2D eigenvalue weighted by molar-refractivity contribution is 0.519. The van der Waals surface area contributed by atoms with Crippen LogP contribution in [0.15, 0.2) is 0 Å². The van der Waals surface area contributed by atoms with Gasteiger partial charge in [0.05, 0.1) is 4.95 Å². The van der Waals surface area contributed by atoms with Crippen LogP contribution in [-0.4, -0.2) is 11.0 Å². The van der Waals surface area contributed by atoms with Crippen LogP contribution in [0.4, 0.5) is 0 Å². The summed E-state index contributed by atoms with van der Waals surface area (Å²) in [5.74, 6) is 0.833. The molecule has 1 nitrogen and oxygen atoms in total. The zero-order chi connectivity index (χ0) is 6.15. The van der Waals surface area contributed by atoms with E-state index in [9.17, 15) is 0 Å². The summed E-state index contributed by atoms with van der Waals surface area (Å²) in [6.45, 7) is 4.50. The summed E-state index contributed by atoms with van der Waals surface area (Å²) in [6.07, 6.45) is 1.27. The Balaban J connectivity index is 2.39. The van der Waals surface area contributed by atoms with Crippen LogP contribution in [0.3, 0.4) is 0 Å². The van der Waals surface area contributed by atoms with Gasteiger partial charge in [0.1, 0.15) is 0 Å². The number of alkyl halides is 1. The third kappa shape index (κ3) is 1.23. The third-order valence-corrected chi connectivity index (χ3v) is 2.51. The van der Waals surface area contributed by atoms with E-state index < -0.39 is 0 Å². The molecule has 0 bridgehead atoms. The SMILES string of the molecule is CC1CC(Br)NC1C.